The Labute approximate surface area is 159 Å². The fourth-order valence-corrected chi connectivity index (χ4v) is 5.05. The number of hydrogen-bond acceptors (Lipinski definition) is 6. The molecule has 1 unspecified atom stereocenters. The molecule has 2 aliphatic rings. The monoisotopic (exact) mass is 447 g/mol. The summed E-state index contributed by atoms with van der Waals surface area (Å²) in [7, 11) is 0. The highest BCUT2D eigenvalue weighted by molar-refractivity contribution is 9.10. The van der Waals surface area contributed by atoms with Gasteiger partial charge < -0.3 is 14.8 Å². The number of likely N-dealkylation sites (tertiary alicyclic amines) is 1. The third-order valence-electron chi connectivity index (χ3n) is 4.55. The number of thioether (sulfide) groups is 1. The lowest BCUT2D eigenvalue weighted by Gasteiger charge is -2.55. The number of hydrogen-bond donors (Lipinski definition) is 3. The molecule has 1 aromatic carbocycles. The molecule has 4 rings (SSSR count). The Morgan fingerprint density at radius 2 is 2.28 bits per heavy atom. The zero-order valence-corrected chi connectivity index (χ0v) is 16.1. The minimum atomic E-state index is -0.578. The average molecular weight is 449 g/mol. The molecule has 25 heavy (non-hydrogen) atoms. The Hall–Kier alpha value is -0.840. The van der Waals surface area contributed by atoms with Crippen LogP contribution in [-0.4, -0.2) is 63.7 Å². The Balaban J connectivity index is 1.54. The van der Waals surface area contributed by atoms with E-state index in [1.165, 1.54) is 17.8 Å². The van der Waals surface area contributed by atoms with Gasteiger partial charge >= 0.3 is 5.69 Å². The normalized spacial score (nSPS) is 23.8. The number of aliphatic hydroxyl groups excluding tert-OH is 1. The van der Waals surface area contributed by atoms with Crippen molar-refractivity contribution in [3.63, 3.8) is 0 Å². The molecule has 2 fully saturated rings. The summed E-state index contributed by atoms with van der Waals surface area (Å²) in [5, 5.41) is 11.0. The maximum atomic E-state index is 12.0. The number of aromatic nitrogens is 2. The Kier molecular flexibility index (Phi) is 4.72. The third-order valence-corrected chi connectivity index (χ3v) is 7.41. The van der Waals surface area contributed by atoms with Gasteiger partial charge in [-0.1, -0.05) is 11.6 Å². The van der Waals surface area contributed by atoms with Crippen LogP contribution in [0.15, 0.2) is 25.0 Å². The number of β-amino-alcohol motifs (C(OH)–C–C–N with tert-alkyl or cyclic N) is 1. The number of H-pyrrole nitrogens is 2. The summed E-state index contributed by atoms with van der Waals surface area (Å²) in [6, 6.07) is 1.95. The van der Waals surface area contributed by atoms with Crippen LogP contribution in [0.5, 0.6) is 0 Å². The lowest BCUT2D eigenvalue weighted by molar-refractivity contribution is -0.218. The van der Waals surface area contributed by atoms with E-state index in [1.807, 2.05) is 0 Å². The standard InChI is InChI=1S/C15H15BrClN3O4S/c16-11-8(17)1-7-12(18-15(23)19-14(7)22)13(11)25-5-6(21)2-20-3-10-9(20)4-24-10/h1,6,9-10,21H,2-5H2,(H2,18,19,22,23)/t6-,9-,10?/m1/s1. The van der Waals surface area contributed by atoms with Crippen LogP contribution in [0.3, 0.4) is 0 Å². The molecule has 7 nitrogen and oxygen atoms in total. The number of benzene rings is 1. The van der Waals surface area contributed by atoms with Crippen molar-refractivity contribution >= 4 is 50.2 Å². The smallest absolute Gasteiger partial charge is 0.326 e. The van der Waals surface area contributed by atoms with E-state index in [4.69, 9.17) is 16.3 Å². The minimum absolute atomic E-state index is 0.307. The molecule has 1 aromatic heterocycles. The van der Waals surface area contributed by atoms with E-state index in [0.717, 1.165) is 13.2 Å². The molecular weight excluding hydrogens is 434 g/mol. The van der Waals surface area contributed by atoms with Crippen LogP contribution < -0.4 is 11.2 Å². The van der Waals surface area contributed by atoms with Gasteiger partial charge in [0, 0.05) is 23.7 Å². The van der Waals surface area contributed by atoms with Gasteiger partial charge in [0.15, 0.2) is 0 Å². The number of fused-ring (bicyclic) bond motifs is 2. The van der Waals surface area contributed by atoms with Crippen molar-refractivity contribution in [3.8, 4) is 0 Å². The van der Waals surface area contributed by atoms with Crippen molar-refractivity contribution in [1.82, 2.24) is 14.9 Å². The van der Waals surface area contributed by atoms with Gasteiger partial charge in [0.1, 0.15) is 0 Å². The first-order valence-electron chi connectivity index (χ1n) is 7.75. The van der Waals surface area contributed by atoms with Crippen LogP contribution in [0.1, 0.15) is 0 Å². The first-order chi connectivity index (χ1) is 11.9. The largest absolute Gasteiger partial charge is 0.391 e. The summed E-state index contributed by atoms with van der Waals surface area (Å²) in [5.74, 6) is 0.414. The van der Waals surface area contributed by atoms with Crippen molar-refractivity contribution in [3.05, 3.63) is 36.4 Å². The van der Waals surface area contributed by atoms with Gasteiger partial charge in [0.2, 0.25) is 0 Å². The molecule has 3 N–H and O–H groups in total. The van der Waals surface area contributed by atoms with Crippen molar-refractivity contribution in [2.45, 2.75) is 23.1 Å². The van der Waals surface area contributed by atoms with Gasteiger partial charge in [-0.3, -0.25) is 14.7 Å². The predicted octanol–water partition coefficient (Wildman–Crippen LogP) is 1.17. The SMILES string of the molecule is O=c1[nH]c(=O)c2cc(Cl)c(Br)c(SC[C@H](O)CN3CC4OC[C@H]43)c2[nH]1. The van der Waals surface area contributed by atoms with Crippen LogP contribution in [0.25, 0.3) is 10.9 Å². The van der Waals surface area contributed by atoms with E-state index < -0.39 is 17.4 Å². The van der Waals surface area contributed by atoms with E-state index >= 15 is 0 Å². The lowest BCUT2D eigenvalue weighted by atomic mass is 9.94. The lowest BCUT2D eigenvalue weighted by Crippen LogP contribution is -2.71. The average Bonchev–Trinajstić information content (AvgIpc) is 2.53. The molecule has 3 heterocycles. The minimum Gasteiger partial charge on any atom is -0.391 e. The number of ether oxygens (including phenoxy) is 1. The number of aliphatic hydroxyl groups is 1. The van der Waals surface area contributed by atoms with Gasteiger partial charge in [-0.25, -0.2) is 4.79 Å². The summed E-state index contributed by atoms with van der Waals surface area (Å²) in [6.45, 7) is 2.17. The van der Waals surface area contributed by atoms with Crippen molar-refractivity contribution in [2.75, 3.05) is 25.4 Å². The van der Waals surface area contributed by atoms with Crippen LogP contribution in [0.2, 0.25) is 5.02 Å². The topological polar surface area (TPSA) is 98.4 Å². The maximum absolute atomic E-state index is 12.0. The van der Waals surface area contributed by atoms with Crippen molar-refractivity contribution in [2.24, 2.45) is 0 Å². The van der Waals surface area contributed by atoms with Crippen LogP contribution in [0, 0.1) is 0 Å². The summed E-state index contributed by atoms with van der Waals surface area (Å²) in [4.78, 5) is 31.3. The third kappa shape index (κ3) is 3.17. The van der Waals surface area contributed by atoms with Crippen molar-refractivity contribution < 1.29 is 9.84 Å². The molecule has 0 amide bonds. The second kappa shape index (κ2) is 6.71. The van der Waals surface area contributed by atoms with Gasteiger partial charge in [-0.05, 0) is 22.0 Å². The van der Waals surface area contributed by atoms with Crippen LogP contribution >= 0.6 is 39.3 Å². The van der Waals surface area contributed by atoms with Gasteiger partial charge in [0.25, 0.3) is 5.56 Å². The second-order valence-electron chi connectivity index (χ2n) is 6.19. The number of nitrogens with one attached hydrogen (secondary N) is 2. The van der Waals surface area contributed by atoms with E-state index in [-0.39, 0.29) is 0 Å². The number of aromatic amines is 2. The molecule has 2 aliphatic heterocycles. The highest BCUT2D eigenvalue weighted by atomic mass is 79.9. The summed E-state index contributed by atoms with van der Waals surface area (Å²) in [5.41, 5.74) is -0.656. The number of rotatable bonds is 5. The Morgan fingerprint density at radius 3 is 2.92 bits per heavy atom. The number of nitrogens with zero attached hydrogens (tertiary/aromatic N) is 1. The molecule has 0 radical (unpaired) electrons. The summed E-state index contributed by atoms with van der Waals surface area (Å²) >= 11 is 10.9. The molecule has 134 valence electrons. The quantitative estimate of drug-likeness (QED) is 0.594. The maximum Gasteiger partial charge on any atom is 0.326 e. The predicted molar refractivity (Wildman–Crippen MR) is 99.7 cm³/mol. The number of morpholine rings is 1. The van der Waals surface area contributed by atoms with E-state index in [2.05, 4.69) is 30.8 Å². The molecular formula is C15H15BrClN3O4S. The fourth-order valence-electron chi connectivity index (χ4n) is 3.13. The Bertz CT molecular complexity index is 949. The van der Waals surface area contributed by atoms with Gasteiger partial charge in [0.05, 0.1) is 45.3 Å². The zero-order chi connectivity index (χ0) is 17.7. The second-order valence-corrected chi connectivity index (χ2v) is 8.42. The van der Waals surface area contributed by atoms with E-state index in [9.17, 15) is 14.7 Å². The molecule has 3 atom stereocenters. The van der Waals surface area contributed by atoms with Gasteiger partial charge in [-0.15, -0.1) is 11.8 Å². The highest BCUT2D eigenvalue weighted by Gasteiger charge is 2.47. The Morgan fingerprint density at radius 1 is 1.48 bits per heavy atom. The first-order valence-corrected chi connectivity index (χ1v) is 9.90. The fraction of sp³-hybridized carbons (Fsp3) is 0.467. The number of halogens is 2. The van der Waals surface area contributed by atoms with Crippen LogP contribution in [0.4, 0.5) is 0 Å². The first kappa shape index (κ1) is 17.6. The van der Waals surface area contributed by atoms with Crippen molar-refractivity contribution in [1.29, 1.82) is 0 Å². The molecule has 0 aliphatic carbocycles. The molecule has 0 spiro atoms. The van der Waals surface area contributed by atoms with Gasteiger partial charge in [-0.2, -0.15) is 0 Å². The molecule has 0 saturated carbocycles. The molecule has 0 bridgehead atoms. The molecule has 2 saturated heterocycles. The van der Waals surface area contributed by atoms with E-state index in [1.54, 1.807) is 0 Å². The van der Waals surface area contributed by atoms with Crippen LogP contribution in [-0.2, 0) is 4.74 Å². The molecule has 10 heteroatoms. The highest BCUT2D eigenvalue weighted by Crippen LogP contribution is 2.38. The molecule has 2 aromatic rings. The zero-order valence-electron chi connectivity index (χ0n) is 12.9. The van der Waals surface area contributed by atoms with E-state index in [0.29, 0.717) is 49.7 Å². The summed E-state index contributed by atoms with van der Waals surface area (Å²) < 4.78 is 5.95. The summed E-state index contributed by atoms with van der Waals surface area (Å²) in [6.07, 6.45) is -0.205.